The summed E-state index contributed by atoms with van der Waals surface area (Å²) in [4.78, 5) is 15.9. The van der Waals surface area contributed by atoms with Crippen LogP contribution in [0.2, 0.25) is 5.02 Å². The second kappa shape index (κ2) is 11.3. The minimum atomic E-state index is -0.552. The molecule has 8 heteroatoms. The molecule has 0 radical (unpaired) electrons. The molecule has 3 aromatic carbocycles. The molecule has 0 spiro atoms. The molecule has 0 unspecified atom stereocenters. The Balaban J connectivity index is 1.75. The third-order valence-corrected chi connectivity index (χ3v) is 5.53. The van der Waals surface area contributed by atoms with E-state index in [4.69, 9.17) is 25.5 Å². The molecule has 1 heterocycles. The molecule has 7 nitrogen and oxygen atoms in total. The van der Waals surface area contributed by atoms with Crippen LogP contribution < -0.4 is 9.47 Å². The lowest BCUT2D eigenvalue weighted by Crippen LogP contribution is -2.13. The van der Waals surface area contributed by atoms with Crippen LogP contribution in [0.1, 0.15) is 11.1 Å². The fourth-order valence-corrected chi connectivity index (χ4v) is 3.84. The van der Waals surface area contributed by atoms with Crippen molar-refractivity contribution in [3.63, 3.8) is 0 Å². The molecule has 0 aliphatic rings. The van der Waals surface area contributed by atoms with Crippen molar-refractivity contribution in [2.45, 2.75) is 0 Å². The van der Waals surface area contributed by atoms with Gasteiger partial charge in [-0.1, -0.05) is 72.3 Å². The summed E-state index contributed by atoms with van der Waals surface area (Å²) in [5.74, 6) is 0.672. The van der Waals surface area contributed by atoms with Crippen molar-refractivity contribution < 1.29 is 23.4 Å². The van der Waals surface area contributed by atoms with Crippen molar-refractivity contribution in [1.82, 2.24) is 0 Å². The molecule has 4 aromatic rings. The summed E-state index contributed by atoms with van der Waals surface area (Å²) in [5.41, 5.74) is 3.22. The third-order valence-electron chi connectivity index (χ3n) is 5.24. The van der Waals surface area contributed by atoms with E-state index >= 15 is 0 Å². The van der Waals surface area contributed by atoms with E-state index in [0.717, 1.165) is 11.1 Å². The maximum atomic E-state index is 11.4. The van der Waals surface area contributed by atoms with E-state index in [0.29, 0.717) is 28.2 Å². The maximum absolute atomic E-state index is 11.4. The van der Waals surface area contributed by atoms with Gasteiger partial charge in [0.05, 0.1) is 19.2 Å². The first-order valence-electron chi connectivity index (χ1n) is 10.8. The lowest BCUT2D eigenvalue weighted by Gasteiger charge is -2.12. The number of furan rings is 1. The number of hydrogen-bond acceptors (Lipinski definition) is 7. The highest BCUT2D eigenvalue weighted by atomic mass is 35.5. The van der Waals surface area contributed by atoms with Crippen molar-refractivity contribution >= 4 is 29.7 Å². The zero-order valence-corrected chi connectivity index (χ0v) is 20.3. The average molecular weight is 501 g/mol. The minimum Gasteiger partial charge on any atom is -0.493 e. The Morgan fingerprint density at radius 1 is 1.06 bits per heavy atom. The number of methoxy groups -OCH3 is 2. The quantitative estimate of drug-likeness (QED) is 0.204. The fourth-order valence-electron chi connectivity index (χ4n) is 3.56. The van der Waals surface area contributed by atoms with Gasteiger partial charge in [-0.15, -0.1) is 0 Å². The highest BCUT2D eigenvalue weighted by Crippen LogP contribution is 2.42. The first-order chi connectivity index (χ1) is 17.5. The Kier molecular flexibility index (Phi) is 7.69. The van der Waals surface area contributed by atoms with E-state index in [1.54, 1.807) is 12.1 Å². The minimum absolute atomic E-state index is 0.163. The number of nitriles is 1. The van der Waals surface area contributed by atoms with Gasteiger partial charge in [-0.2, -0.15) is 5.26 Å². The predicted octanol–water partition coefficient (Wildman–Crippen LogP) is 6.45. The zero-order valence-electron chi connectivity index (χ0n) is 19.5. The highest BCUT2D eigenvalue weighted by Gasteiger charge is 2.22. The third kappa shape index (κ3) is 5.24. The van der Waals surface area contributed by atoms with Crippen molar-refractivity contribution in [2.75, 3.05) is 20.8 Å². The molecule has 0 fully saturated rings. The second-order valence-corrected chi connectivity index (χ2v) is 7.89. The average Bonchev–Trinajstić information content (AvgIpc) is 3.30. The van der Waals surface area contributed by atoms with Gasteiger partial charge in [0.1, 0.15) is 17.4 Å². The standard InChI is InChI=1S/C28H21ClN2O5/c1-33-23-14-18(13-22(29)27(23)35-17-24(32)34-2)16-31-28-21(15-30)25(19-9-5-3-6-10-19)26(36-28)20-11-7-4-8-12-20/h3-14,16H,17H2,1-2H3. The summed E-state index contributed by atoms with van der Waals surface area (Å²) < 4.78 is 21.5. The lowest BCUT2D eigenvalue weighted by atomic mass is 9.98. The van der Waals surface area contributed by atoms with E-state index in [1.807, 2.05) is 60.7 Å². The summed E-state index contributed by atoms with van der Waals surface area (Å²) in [5, 5.41) is 10.2. The van der Waals surface area contributed by atoms with Gasteiger partial charge in [-0.05, 0) is 23.3 Å². The number of carbonyl (C=O) groups is 1. The Morgan fingerprint density at radius 3 is 2.33 bits per heavy atom. The van der Waals surface area contributed by atoms with E-state index in [9.17, 15) is 10.1 Å². The Bertz CT molecular complexity index is 1440. The van der Waals surface area contributed by atoms with Gasteiger partial charge in [0.2, 0.25) is 5.88 Å². The van der Waals surface area contributed by atoms with E-state index in [1.165, 1.54) is 20.4 Å². The number of aliphatic imine (C=N–C) groups is 1. The van der Waals surface area contributed by atoms with E-state index in [-0.39, 0.29) is 23.3 Å². The maximum Gasteiger partial charge on any atom is 0.343 e. The van der Waals surface area contributed by atoms with Gasteiger partial charge in [0.15, 0.2) is 18.1 Å². The number of esters is 1. The van der Waals surface area contributed by atoms with E-state index < -0.39 is 5.97 Å². The molecule has 0 bridgehead atoms. The number of nitrogens with zero attached hydrogens (tertiary/aromatic N) is 2. The number of rotatable bonds is 8. The lowest BCUT2D eigenvalue weighted by molar-refractivity contribution is -0.142. The number of carbonyl (C=O) groups excluding carboxylic acids is 1. The van der Waals surface area contributed by atoms with Gasteiger partial charge < -0.3 is 18.6 Å². The highest BCUT2D eigenvalue weighted by molar-refractivity contribution is 6.32. The molecule has 0 atom stereocenters. The number of benzene rings is 3. The van der Waals surface area contributed by atoms with Gasteiger partial charge in [-0.25, -0.2) is 9.79 Å². The summed E-state index contributed by atoms with van der Waals surface area (Å²) in [6.07, 6.45) is 1.52. The number of halogens is 1. The van der Waals surface area contributed by atoms with Gasteiger partial charge >= 0.3 is 5.97 Å². The molecule has 36 heavy (non-hydrogen) atoms. The molecule has 1 aromatic heterocycles. The van der Waals surface area contributed by atoms with E-state index in [2.05, 4.69) is 15.8 Å². The van der Waals surface area contributed by atoms with Crippen LogP contribution >= 0.6 is 11.6 Å². The topological polar surface area (TPSA) is 94.0 Å². The first kappa shape index (κ1) is 24.6. The molecular formula is C28H21ClN2O5. The summed E-state index contributed by atoms with van der Waals surface area (Å²) >= 11 is 6.38. The summed E-state index contributed by atoms with van der Waals surface area (Å²) in [6, 6.07) is 24.6. The van der Waals surface area contributed by atoms with Crippen LogP contribution in [-0.2, 0) is 9.53 Å². The molecule has 0 saturated carbocycles. The molecule has 0 amide bonds. The smallest absolute Gasteiger partial charge is 0.343 e. The normalized spacial score (nSPS) is 10.7. The summed E-state index contributed by atoms with van der Waals surface area (Å²) in [6.45, 7) is -0.317. The Hall–Kier alpha value is -4.54. The van der Waals surface area contributed by atoms with Gasteiger partial charge in [0, 0.05) is 17.3 Å². The molecule has 4 rings (SSSR count). The molecule has 0 saturated heterocycles. The predicted molar refractivity (Wildman–Crippen MR) is 137 cm³/mol. The van der Waals surface area contributed by atoms with Crippen molar-refractivity contribution in [3.05, 3.63) is 88.9 Å². The molecular weight excluding hydrogens is 480 g/mol. The van der Waals surface area contributed by atoms with Crippen molar-refractivity contribution in [2.24, 2.45) is 4.99 Å². The van der Waals surface area contributed by atoms with Crippen LogP contribution in [0.4, 0.5) is 5.88 Å². The fraction of sp³-hybridized carbons (Fsp3) is 0.107. The van der Waals surface area contributed by atoms with Crippen LogP contribution in [0.15, 0.2) is 82.2 Å². The number of hydrogen-bond donors (Lipinski definition) is 0. The molecule has 0 aliphatic carbocycles. The number of ether oxygens (including phenoxy) is 3. The molecule has 0 aliphatic heterocycles. The Morgan fingerprint density at radius 2 is 1.72 bits per heavy atom. The first-order valence-corrected chi connectivity index (χ1v) is 11.2. The largest absolute Gasteiger partial charge is 0.493 e. The SMILES string of the molecule is COC(=O)COc1c(Cl)cc(C=Nc2oc(-c3ccccc3)c(-c3ccccc3)c2C#N)cc1OC. The van der Waals surface area contributed by atoms with Crippen LogP contribution in [0.3, 0.4) is 0 Å². The van der Waals surface area contributed by atoms with Crippen molar-refractivity contribution in [1.29, 1.82) is 5.26 Å². The van der Waals surface area contributed by atoms with Crippen LogP contribution in [0.5, 0.6) is 11.5 Å². The van der Waals surface area contributed by atoms with Crippen molar-refractivity contribution in [3.8, 4) is 40.0 Å². The monoisotopic (exact) mass is 500 g/mol. The second-order valence-electron chi connectivity index (χ2n) is 7.49. The summed E-state index contributed by atoms with van der Waals surface area (Å²) in [7, 11) is 2.72. The van der Waals surface area contributed by atoms with Gasteiger partial charge in [-0.3, -0.25) is 0 Å². The molecule has 180 valence electrons. The zero-order chi connectivity index (χ0) is 25.5. The van der Waals surface area contributed by atoms with Crippen LogP contribution in [-0.4, -0.2) is 33.0 Å². The van der Waals surface area contributed by atoms with Crippen LogP contribution in [0, 0.1) is 11.3 Å². The Labute approximate surface area is 213 Å². The van der Waals surface area contributed by atoms with Crippen LogP contribution in [0.25, 0.3) is 22.5 Å². The molecule has 0 N–H and O–H groups in total. The van der Waals surface area contributed by atoms with Gasteiger partial charge in [0.25, 0.3) is 0 Å².